The highest BCUT2D eigenvalue weighted by Crippen LogP contribution is 2.29. The lowest BCUT2D eigenvalue weighted by Gasteiger charge is -2.33. The standard InChI is InChI=1S/C26H26ClN5O2/c1-34-22-9-3-6-19(14-22)23-15-24-25(28-10-12-32(24)30-23)31-11-4-7-20(17-31)26(33)29-16-18-5-2-8-21(27)13-18/h2-3,5-6,8-10,12-15,20H,4,7,11,16-17H2,1H3,(H,29,33)/t20-/m1/s1. The van der Waals surface area contributed by atoms with Gasteiger partial charge in [0.1, 0.15) is 11.3 Å². The number of halogens is 1. The molecule has 2 aromatic heterocycles. The largest absolute Gasteiger partial charge is 0.497 e. The van der Waals surface area contributed by atoms with E-state index in [0.29, 0.717) is 18.1 Å². The average molecular weight is 476 g/mol. The molecule has 1 aliphatic rings. The van der Waals surface area contributed by atoms with Gasteiger partial charge in [-0.2, -0.15) is 5.10 Å². The number of fused-ring (bicyclic) bond motifs is 1. The van der Waals surface area contributed by atoms with Crippen molar-refractivity contribution in [3.8, 4) is 17.0 Å². The summed E-state index contributed by atoms with van der Waals surface area (Å²) in [5.41, 5.74) is 3.73. The van der Waals surface area contributed by atoms with Crippen molar-refractivity contribution >= 4 is 28.8 Å². The molecule has 0 bridgehead atoms. The molecule has 4 aromatic rings. The minimum absolute atomic E-state index is 0.0576. The number of hydrogen-bond donors (Lipinski definition) is 1. The van der Waals surface area contributed by atoms with Crippen LogP contribution in [0.15, 0.2) is 67.0 Å². The topological polar surface area (TPSA) is 71.8 Å². The van der Waals surface area contributed by atoms with Gasteiger partial charge in [-0.1, -0.05) is 35.9 Å². The minimum Gasteiger partial charge on any atom is -0.497 e. The fraction of sp³-hybridized carbons (Fsp3) is 0.269. The van der Waals surface area contributed by atoms with Crippen molar-refractivity contribution in [1.82, 2.24) is 19.9 Å². The van der Waals surface area contributed by atoms with Crippen LogP contribution in [-0.4, -0.2) is 40.7 Å². The molecule has 5 rings (SSSR count). The summed E-state index contributed by atoms with van der Waals surface area (Å²) >= 11 is 6.06. The first-order chi connectivity index (χ1) is 16.6. The zero-order valence-electron chi connectivity index (χ0n) is 18.9. The summed E-state index contributed by atoms with van der Waals surface area (Å²) in [6.45, 7) is 1.94. The second kappa shape index (κ2) is 9.73. The number of amides is 1. The molecule has 1 saturated heterocycles. The first-order valence-electron chi connectivity index (χ1n) is 11.4. The molecular weight excluding hydrogens is 450 g/mol. The van der Waals surface area contributed by atoms with E-state index in [4.69, 9.17) is 21.4 Å². The Hall–Kier alpha value is -3.58. The third kappa shape index (κ3) is 4.70. The molecule has 0 radical (unpaired) electrons. The minimum atomic E-state index is -0.101. The number of aromatic nitrogens is 3. The van der Waals surface area contributed by atoms with Gasteiger partial charge in [-0.25, -0.2) is 9.50 Å². The fourth-order valence-electron chi connectivity index (χ4n) is 4.44. The maximum absolute atomic E-state index is 12.9. The number of nitrogens with one attached hydrogen (secondary N) is 1. The summed E-state index contributed by atoms with van der Waals surface area (Å²) in [4.78, 5) is 19.8. The van der Waals surface area contributed by atoms with E-state index in [2.05, 4.69) is 15.2 Å². The second-order valence-corrected chi connectivity index (χ2v) is 8.91. The third-order valence-corrected chi connectivity index (χ3v) is 6.42. The molecule has 1 atom stereocenters. The highest BCUT2D eigenvalue weighted by atomic mass is 35.5. The maximum Gasteiger partial charge on any atom is 0.225 e. The van der Waals surface area contributed by atoms with Crippen molar-refractivity contribution in [2.24, 2.45) is 5.92 Å². The van der Waals surface area contributed by atoms with E-state index in [0.717, 1.165) is 53.3 Å². The van der Waals surface area contributed by atoms with Crippen LogP contribution in [0.2, 0.25) is 5.02 Å². The number of rotatable bonds is 6. The van der Waals surface area contributed by atoms with Crippen molar-refractivity contribution in [3.63, 3.8) is 0 Å². The molecule has 1 aliphatic heterocycles. The lowest BCUT2D eigenvalue weighted by molar-refractivity contribution is -0.125. The van der Waals surface area contributed by atoms with Gasteiger partial charge in [0.05, 0.1) is 18.7 Å². The Bertz CT molecular complexity index is 1320. The quantitative estimate of drug-likeness (QED) is 0.441. The van der Waals surface area contributed by atoms with Crippen LogP contribution >= 0.6 is 11.6 Å². The lowest BCUT2D eigenvalue weighted by Crippen LogP contribution is -2.43. The second-order valence-electron chi connectivity index (χ2n) is 8.48. The SMILES string of the molecule is COc1cccc(-c2cc3c(N4CCC[C@@H](C(=O)NCc5cccc(Cl)c5)C4)nccn3n2)c1. The van der Waals surface area contributed by atoms with Gasteiger partial charge >= 0.3 is 0 Å². The third-order valence-electron chi connectivity index (χ3n) is 6.18. The van der Waals surface area contributed by atoms with Gasteiger partial charge < -0.3 is 15.0 Å². The summed E-state index contributed by atoms with van der Waals surface area (Å²) in [6.07, 6.45) is 5.39. The van der Waals surface area contributed by atoms with Gasteiger partial charge in [0.15, 0.2) is 5.82 Å². The number of anilines is 1. The molecule has 0 aliphatic carbocycles. The molecular formula is C26H26ClN5O2. The Kier molecular flexibility index (Phi) is 6.36. The van der Waals surface area contributed by atoms with Crippen molar-refractivity contribution in [2.45, 2.75) is 19.4 Å². The lowest BCUT2D eigenvalue weighted by atomic mass is 9.97. The molecule has 1 amide bonds. The molecule has 174 valence electrons. The number of hydrogen-bond acceptors (Lipinski definition) is 5. The molecule has 34 heavy (non-hydrogen) atoms. The average Bonchev–Trinajstić information content (AvgIpc) is 3.32. The fourth-order valence-corrected chi connectivity index (χ4v) is 4.65. The molecule has 0 saturated carbocycles. The Morgan fingerprint density at radius 2 is 2.09 bits per heavy atom. The summed E-state index contributed by atoms with van der Waals surface area (Å²) in [5.74, 6) is 1.59. The van der Waals surface area contributed by atoms with E-state index < -0.39 is 0 Å². The predicted octanol–water partition coefficient (Wildman–Crippen LogP) is 4.59. The molecule has 0 unspecified atom stereocenters. The van der Waals surface area contributed by atoms with Crippen LogP contribution in [0.3, 0.4) is 0 Å². The molecule has 8 heteroatoms. The summed E-state index contributed by atoms with van der Waals surface area (Å²) < 4.78 is 7.21. The number of carbonyl (C=O) groups is 1. The number of nitrogens with zero attached hydrogens (tertiary/aromatic N) is 4. The number of benzene rings is 2. The number of piperidine rings is 1. The Balaban J connectivity index is 1.33. The first kappa shape index (κ1) is 22.2. The van der Waals surface area contributed by atoms with Gasteiger partial charge in [0.25, 0.3) is 0 Å². The van der Waals surface area contributed by atoms with Crippen LogP contribution in [0, 0.1) is 5.92 Å². The molecule has 3 heterocycles. The zero-order valence-corrected chi connectivity index (χ0v) is 19.7. The number of methoxy groups -OCH3 is 1. The van der Waals surface area contributed by atoms with Gasteiger partial charge in [-0.3, -0.25) is 4.79 Å². The molecule has 0 spiro atoms. The van der Waals surface area contributed by atoms with Crippen LogP contribution in [0.5, 0.6) is 5.75 Å². The molecule has 2 aromatic carbocycles. The van der Waals surface area contributed by atoms with Gasteiger partial charge in [0.2, 0.25) is 5.91 Å². The van der Waals surface area contributed by atoms with E-state index in [1.165, 1.54) is 0 Å². The summed E-state index contributed by atoms with van der Waals surface area (Å²) in [7, 11) is 1.66. The predicted molar refractivity (Wildman–Crippen MR) is 133 cm³/mol. The van der Waals surface area contributed by atoms with E-state index in [9.17, 15) is 4.79 Å². The number of ether oxygens (including phenoxy) is 1. The van der Waals surface area contributed by atoms with E-state index in [1.807, 2.05) is 65.3 Å². The summed E-state index contributed by atoms with van der Waals surface area (Å²) in [6, 6.07) is 17.4. The van der Waals surface area contributed by atoms with Gasteiger partial charge in [-0.15, -0.1) is 0 Å². The van der Waals surface area contributed by atoms with E-state index >= 15 is 0 Å². The smallest absolute Gasteiger partial charge is 0.225 e. The molecule has 1 fully saturated rings. The van der Waals surface area contributed by atoms with Crippen molar-refractivity contribution in [1.29, 1.82) is 0 Å². The highest BCUT2D eigenvalue weighted by Gasteiger charge is 2.27. The first-order valence-corrected chi connectivity index (χ1v) is 11.7. The van der Waals surface area contributed by atoms with Gasteiger partial charge in [-0.05, 0) is 48.7 Å². The van der Waals surface area contributed by atoms with Crippen molar-refractivity contribution in [3.05, 3.63) is 77.6 Å². The van der Waals surface area contributed by atoms with E-state index in [1.54, 1.807) is 13.3 Å². The van der Waals surface area contributed by atoms with E-state index in [-0.39, 0.29) is 11.8 Å². The van der Waals surface area contributed by atoms with Crippen LogP contribution in [0.4, 0.5) is 5.82 Å². The van der Waals surface area contributed by atoms with Crippen molar-refractivity contribution in [2.75, 3.05) is 25.1 Å². The molecule has 1 N–H and O–H groups in total. The Morgan fingerprint density at radius 1 is 1.21 bits per heavy atom. The normalized spacial score (nSPS) is 15.9. The zero-order chi connectivity index (χ0) is 23.5. The maximum atomic E-state index is 12.9. The van der Waals surface area contributed by atoms with Crippen LogP contribution < -0.4 is 15.0 Å². The number of carbonyl (C=O) groups excluding carboxylic acids is 1. The Morgan fingerprint density at radius 3 is 2.94 bits per heavy atom. The molecule has 7 nitrogen and oxygen atoms in total. The van der Waals surface area contributed by atoms with Gasteiger partial charge in [0, 0.05) is 42.6 Å². The van der Waals surface area contributed by atoms with Crippen molar-refractivity contribution < 1.29 is 9.53 Å². The monoisotopic (exact) mass is 475 g/mol. The Labute approximate surface area is 203 Å². The van der Waals surface area contributed by atoms with Crippen LogP contribution in [0.1, 0.15) is 18.4 Å². The van der Waals surface area contributed by atoms with Crippen LogP contribution in [0.25, 0.3) is 16.8 Å². The van der Waals surface area contributed by atoms with Crippen LogP contribution in [-0.2, 0) is 11.3 Å². The highest BCUT2D eigenvalue weighted by molar-refractivity contribution is 6.30. The summed E-state index contributed by atoms with van der Waals surface area (Å²) in [5, 5.41) is 8.48.